The van der Waals surface area contributed by atoms with Crippen LogP contribution in [0, 0.1) is 0 Å². The van der Waals surface area contributed by atoms with Crippen molar-refractivity contribution in [3.05, 3.63) is 72.6 Å². The van der Waals surface area contributed by atoms with Gasteiger partial charge in [0.15, 0.2) is 5.65 Å². The number of aromatic nitrogens is 5. The van der Waals surface area contributed by atoms with Gasteiger partial charge in [-0.05, 0) is 29.8 Å². The number of nitrogens with zero attached hydrogens (tertiary/aromatic N) is 5. The first-order chi connectivity index (χ1) is 13.3. The molecule has 0 radical (unpaired) electrons. The lowest BCUT2D eigenvalue weighted by Crippen LogP contribution is -2.24. The van der Waals surface area contributed by atoms with Gasteiger partial charge in [-0.3, -0.25) is 9.78 Å². The van der Waals surface area contributed by atoms with Crippen molar-refractivity contribution in [1.82, 2.24) is 30.1 Å². The molecule has 0 bridgehead atoms. The van der Waals surface area contributed by atoms with Gasteiger partial charge < -0.3 is 5.32 Å². The number of amides is 1. The van der Waals surface area contributed by atoms with Crippen LogP contribution in [0.5, 0.6) is 0 Å². The van der Waals surface area contributed by atoms with Crippen molar-refractivity contribution in [2.45, 2.75) is 11.7 Å². The third kappa shape index (κ3) is 4.12. The molecule has 4 rings (SSSR count). The van der Waals surface area contributed by atoms with Crippen LogP contribution >= 0.6 is 11.8 Å². The van der Waals surface area contributed by atoms with E-state index in [-0.39, 0.29) is 11.7 Å². The molecule has 1 amide bonds. The van der Waals surface area contributed by atoms with Crippen LogP contribution in [0.3, 0.4) is 0 Å². The molecule has 1 N–H and O–H groups in total. The molecule has 0 aliphatic rings. The van der Waals surface area contributed by atoms with E-state index in [0.29, 0.717) is 17.3 Å². The maximum absolute atomic E-state index is 12.1. The highest BCUT2D eigenvalue weighted by molar-refractivity contribution is 7.99. The second-order valence-corrected chi connectivity index (χ2v) is 6.70. The van der Waals surface area contributed by atoms with Crippen molar-refractivity contribution in [2.24, 2.45) is 0 Å². The predicted octanol–water partition coefficient (Wildman–Crippen LogP) is 2.59. The summed E-state index contributed by atoms with van der Waals surface area (Å²) in [5.41, 5.74) is 3.45. The summed E-state index contributed by atoms with van der Waals surface area (Å²) >= 11 is 1.31. The van der Waals surface area contributed by atoms with Gasteiger partial charge in [0.1, 0.15) is 0 Å². The predicted molar refractivity (Wildman–Crippen MR) is 103 cm³/mol. The highest BCUT2D eigenvalue weighted by atomic mass is 32.2. The van der Waals surface area contributed by atoms with Crippen LogP contribution in [0.4, 0.5) is 0 Å². The Kier molecular flexibility index (Phi) is 5.06. The fraction of sp³-hybridized carbons (Fsp3) is 0.105. The average Bonchev–Trinajstić information content (AvgIpc) is 3.14. The van der Waals surface area contributed by atoms with Gasteiger partial charge in [0.05, 0.1) is 11.4 Å². The topological polar surface area (TPSA) is 85.1 Å². The van der Waals surface area contributed by atoms with Gasteiger partial charge in [0, 0.05) is 24.5 Å². The van der Waals surface area contributed by atoms with Crippen molar-refractivity contribution >= 4 is 23.3 Å². The molecule has 0 saturated heterocycles. The smallest absolute Gasteiger partial charge is 0.230 e. The molecule has 7 nitrogen and oxygen atoms in total. The van der Waals surface area contributed by atoms with Crippen molar-refractivity contribution in [3.63, 3.8) is 0 Å². The molecule has 3 aromatic heterocycles. The molecule has 3 heterocycles. The second kappa shape index (κ2) is 7.96. The molecule has 27 heavy (non-hydrogen) atoms. The van der Waals surface area contributed by atoms with Crippen LogP contribution in [-0.2, 0) is 11.3 Å². The Morgan fingerprint density at radius 1 is 1.00 bits per heavy atom. The van der Waals surface area contributed by atoms with Crippen molar-refractivity contribution in [3.8, 4) is 11.3 Å². The summed E-state index contributed by atoms with van der Waals surface area (Å²) in [5, 5.41) is 16.3. The lowest BCUT2D eigenvalue weighted by atomic mass is 10.2. The van der Waals surface area contributed by atoms with Gasteiger partial charge in [-0.15, -0.1) is 10.2 Å². The van der Waals surface area contributed by atoms with Crippen molar-refractivity contribution in [2.75, 3.05) is 5.75 Å². The largest absolute Gasteiger partial charge is 0.351 e. The van der Waals surface area contributed by atoms with Crippen LogP contribution in [0.1, 0.15) is 5.56 Å². The second-order valence-electron chi connectivity index (χ2n) is 5.76. The van der Waals surface area contributed by atoms with Gasteiger partial charge in [-0.2, -0.15) is 9.61 Å². The zero-order valence-electron chi connectivity index (χ0n) is 14.3. The van der Waals surface area contributed by atoms with Gasteiger partial charge in [0.25, 0.3) is 0 Å². The summed E-state index contributed by atoms with van der Waals surface area (Å²) in [6.07, 6.45) is 3.44. The highest BCUT2D eigenvalue weighted by Crippen LogP contribution is 2.20. The van der Waals surface area contributed by atoms with Crippen LogP contribution in [0.2, 0.25) is 0 Å². The van der Waals surface area contributed by atoms with E-state index >= 15 is 0 Å². The Morgan fingerprint density at radius 3 is 2.63 bits per heavy atom. The molecule has 134 valence electrons. The summed E-state index contributed by atoms with van der Waals surface area (Å²) in [4.78, 5) is 16.1. The Balaban J connectivity index is 1.43. The lowest BCUT2D eigenvalue weighted by molar-refractivity contribution is -0.118. The molecule has 0 fully saturated rings. The van der Waals surface area contributed by atoms with E-state index in [4.69, 9.17) is 0 Å². The first-order valence-electron chi connectivity index (χ1n) is 8.36. The minimum Gasteiger partial charge on any atom is -0.351 e. The van der Waals surface area contributed by atoms with E-state index in [1.807, 2.05) is 54.6 Å². The number of nitrogens with one attached hydrogen (secondary N) is 1. The van der Waals surface area contributed by atoms with E-state index in [2.05, 4.69) is 25.6 Å². The monoisotopic (exact) mass is 376 g/mol. The summed E-state index contributed by atoms with van der Waals surface area (Å²) in [6, 6.07) is 17.3. The summed E-state index contributed by atoms with van der Waals surface area (Å²) < 4.78 is 1.66. The fourth-order valence-electron chi connectivity index (χ4n) is 2.51. The fourth-order valence-corrected chi connectivity index (χ4v) is 3.23. The molecule has 0 aliphatic carbocycles. The normalized spacial score (nSPS) is 10.8. The van der Waals surface area contributed by atoms with E-state index in [1.54, 1.807) is 16.9 Å². The maximum Gasteiger partial charge on any atom is 0.230 e. The van der Waals surface area contributed by atoms with Crippen molar-refractivity contribution in [1.29, 1.82) is 0 Å². The quantitative estimate of drug-likeness (QED) is 0.521. The molecule has 4 aromatic rings. The van der Waals surface area contributed by atoms with Crippen LogP contribution in [-0.4, -0.2) is 36.5 Å². The summed E-state index contributed by atoms with van der Waals surface area (Å²) in [6.45, 7) is 0.505. The number of thioether (sulfide) groups is 1. The highest BCUT2D eigenvalue weighted by Gasteiger charge is 2.11. The molecule has 8 heteroatoms. The first kappa shape index (κ1) is 17.2. The van der Waals surface area contributed by atoms with E-state index in [9.17, 15) is 4.79 Å². The van der Waals surface area contributed by atoms with Gasteiger partial charge in [0.2, 0.25) is 11.1 Å². The minimum absolute atomic E-state index is 0.0640. The van der Waals surface area contributed by atoms with Crippen LogP contribution in [0.15, 0.2) is 72.1 Å². The molecule has 0 saturated carbocycles. The third-order valence-electron chi connectivity index (χ3n) is 3.88. The molecule has 0 unspecified atom stereocenters. The summed E-state index contributed by atoms with van der Waals surface area (Å²) in [5.74, 6) is 0.181. The van der Waals surface area contributed by atoms with Crippen LogP contribution < -0.4 is 5.32 Å². The number of hydrogen-bond donors (Lipinski definition) is 1. The molecular weight excluding hydrogens is 360 g/mol. The van der Waals surface area contributed by atoms with E-state index < -0.39 is 0 Å². The van der Waals surface area contributed by atoms with Gasteiger partial charge >= 0.3 is 0 Å². The third-order valence-corrected chi connectivity index (χ3v) is 4.79. The number of hydrogen-bond acceptors (Lipinski definition) is 6. The van der Waals surface area contributed by atoms with Gasteiger partial charge in [-0.25, -0.2) is 0 Å². The maximum atomic E-state index is 12.1. The molecule has 0 atom stereocenters. The molecular formula is C19H16N6OS. The Morgan fingerprint density at radius 2 is 1.81 bits per heavy atom. The average molecular weight is 376 g/mol. The Labute approximate surface area is 159 Å². The first-order valence-corrected chi connectivity index (χ1v) is 9.34. The minimum atomic E-state index is -0.0640. The number of rotatable bonds is 6. The van der Waals surface area contributed by atoms with Gasteiger partial charge in [-0.1, -0.05) is 42.1 Å². The zero-order chi connectivity index (χ0) is 18.5. The number of pyridine rings is 1. The number of fused-ring (bicyclic) bond motifs is 1. The standard InChI is InChI=1S/C19H16N6OS/c26-18(21-12-14-4-2-1-3-5-14)13-27-19-23-22-17-7-6-16(24-25(17)19)15-8-10-20-11-9-15/h1-11H,12-13H2,(H,21,26). The molecule has 1 aromatic carbocycles. The van der Waals surface area contributed by atoms with Crippen molar-refractivity contribution < 1.29 is 4.79 Å². The SMILES string of the molecule is O=C(CSc1nnc2ccc(-c3ccncc3)nn12)NCc1ccccc1. The summed E-state index contributed by atoms with van der Waals surface area (Å²) in [7, 11) is 0. The van der Waals surface area contributed by atoms with E-state index in [1.165, 1.54) is 11.8 Å². The number of benzene rings is 1. The zero-order valence-corrected chi connectivity index (χ0v) is 15.1. The molecule has 0 spiro atoms. The number of carbonyl (C=O) groups excluding carboxylic acids is 1. The number of carbonyl (C=O) groups is 1. The Bertz CT molecular complexity index is 1050. The van der Waals surface area contributed by atoms with Crippen LogP contribution in [0.25, 0.3) is 16.9 Å². The Hall–Kier alpha value is -3.26. The molecule has 0 aliphatic heterocycles. The van der Waals surface area contributed by atoms with E-state index in [0.717, 1.165) is 16.8 Å². The lowest BCUT2D eigenvalue weighted by Gasteiger charge is -2.05.